The number of amides is 1. The molecule has 1 amide bonds. The molecule has 0 saturated heterocycles. The van der Waals surface area contributed by atoms with Gasteiger partial charge in [-0.2, -0.15) is 5.10 Å². The van der Waals surface area contributed by atoms with Crippen LogP contribution in [0, 0.1) is 5.92 Å². The van der Waals surface area contributed by atoms with Crippen LogP contribution in [0.4, 0.5) is 0 Å². The van der Waals surface area contributed by atoms with Gasteiger partial charge < -0.3 is 10.4 Å². The summed E-state index contributed by atoms with van der Waals surface area (Å²) in [6.45, 7) is 0. The van der Waals surface area contributed by atoms with Crippen LogP contribution in [0.1, 0.15) is 29.8 Å². The maximum atomic E-state index is 12.2. The van der Waals surface area contributed by atoms with Crippen molar-refractivity contribution in [2.75, 3.05) is 0 Å². The van der Waals surface area contributed by atoms with Crippen molar-refractivity contribution in [2.45, 2.75) is 25.3 Å². The fraction of sp³-hybridized carbons (Fsp3) is 0.312. The molecule has 0 aliphatic heterocycles. The molecule has 1 atom stereocenters. The molecule has 3 rings (SSSR count). The van der Waals surface area contributed by atoms with Crippen molar-refractivity contribution in [3.8, 4) is 5.69 Å². The van der Waals surface area contributed by atoms with Gasteiger partial charge in [-0.1, -0.05) is 36.0 Å². The number of aliphatic carboxylic acids is 1. The molecule has 2 aromatic rings. The monoisotopic (exact) mass is 367 g/mol. The summed E-state index contributed by atoms with van der Waals surface area (Å²) < 4.78 is 1.48. The minimum absolute atomic E-state index is 0.142. The summed E-state index contributed by atoms with van der Waals surface area (Å²) in [4.78, 5) is 23.5. The maximum Gasteiger partial charge on any atom is 0.326 e. The second kappa shape index (κ2) is 6.83. The van der Waals surface area contributed by atoms with Crippen LogP contribution in [0.15, 0.2) is 30.5 Å². The Hall–Kier alpha value is -2.05. The number of rotatable bonds is 6. The predicted molar refractivity (Wildman–Crippen MR) is 89.8 cm³/mol. The highest BCUT2D eigenvalue weighted by Crippen LogP contribution is 2.33. The number of carbonyl (C=O) groups excluding carboxylic acids is 1. The van der Waals surface area contributed by atoms with Gasteiger partial charge in [-0.05, 0) is 36.6 Å². The molecule has 1 fully saturated rings. The average Bonchev–Trinajstić information content (AvgIpc) is 3.22. The Kier molecular flexibility index (Phi) is 4.78. The molecule has 1 aliphatic rings. The number of nitrogens with zero attached hydrogens (tertiary/aromatic N) is 2. The molecule has 6 nitrogen and oxygen atoms in total. The lowest BCUT2D eigenvalue weighted by Crippen LogP contribution is -2.41. The molecule has 0 bridgehead atoms. The highest BCUT2D eigenvalue weighted by molar-refractivity contribution is 6.42. The molecule has 1 heterocycles. The van der Waals surface area contributed by atoms with Crippen LogP contribution in [0.5, 0.6) is 0 Å². The van der Waals surface area contributed by atoms with Gasteiger partial charge in [0, 0.05) is 6.20 Å². The van der Waals surface area contributed by atoms with Crippen molar-refractivity contribution in [2.24, 2.45) is 5.92 Å². The van der Waals surface area contributed by atoms with E-state index in [1.54, 1.807) is 24.4 Å². The lowest BCUT2D eigenvalue weighted by Gasteiger charge is -2.12. The van der Waals surface area contributed by atoms with Crippen LogP contribution in [-0.2, 0) is 4.79 Å². The molecule has 0 radical (unpaired) electrons. The third-order valence-electron chi connectivity index (χ3n) is 3.86. The largest absolute Gasteiger partial charge is 0.480 e. The fourth-order valence-electron chi connectivity index (χ4n) is 2.36. The molecule has 1 unspecified atom stereocenters. The first-order chi connectivity index (χ1) is 11.4. The Bertz CT molecular complexity index is 787. The summed E-state index contributed by atoms with van der Waals surface area (Å²) in [6, 6.07) is 5.62. The van der Waals surface area contributed by atoms with E-state index < -0.39 is 17.9 Å². The van der Waals surface area contributed by atoms with E-state index in [1.165, 1.54) is 10.7 Å². The first kappa shape index (κ1) is 16.8. The fourth-order valence-corrected chi connectivity index (χ4v) is 2.65. The standard InChI is InChI=1S/C16H15Cl2N3O3/c17-11-4-3-10(8-12(11)18)21-6-5-13(20-21)15(22)19-14(16(23)24)7-9-1-2-9/h3-6,8-9,14H,1-2,7H2,(H,19,22)(H,23,24). The Labute approximate surface area is 148 Å². The number of carbonyl (C=O) groups is 2. The highest BCUT2D eigenvalue weighted by Gasteiger charge is 2.30. The zero-order chi connectivity index (χ0) is 17.3. The number of halogens is 2. The summed E-state index contributed by atoms with van der Waals surface area (Å²) in [5.74, 6) is -1.15. The first-order valence-electron chi connectivity index (χ1n) is 7.49. The normalized spacial score (nSPS) is 15.1. The molecule has 8 heteroatoms. The number of benzene rings is 1. The SMILES string of the molecule is O=C(NC(CC1CC1)C(=O)O)c1ccn(-c2ccc(Cl)c(Cl)c2)n1. The quantitative estimate of drug-likeness (QED) is 0.820. The van der Waals surface area contributed by atoms with Gasteiger partial charge in [0.1, 0.15) is 6.04 Å². The van der Waals surface area contributed by atoms with E-state index in [-0.39, 0.29) is 5.69 Å². The summed E-state index contributed by atoms with van der Waals surface area (Å²) >= 11 is 11.8. The van der Waals surface area contributed by atoms with E-state index in [9.17, 15) is 14.7 Å². The Balaban J connectivity index is 1.72. The molecule has 1 aromatic carbocycles. The number of hydrogen-bond donors (Lipinski definition) is 2. The zero-order valence-corrected chi connectivity index (χ0v) is 14.1. The van der Waals surface area contributed by atoms with Crippen molar-refractivity contribution < 1.29 is 14.7 Å². The van der Waals surface area contributed by atoms with Crippen molar-refractivity contribution in [3.05, 3.63) is 46.2 Å². The number of hydrogen-bond acceptors (Lipinski definition) is 3. The van der Waals surface area contributed by atoms with E-state index in [1.807, 2.05) is 0 Å². The molecule has 1 aliphatic carbocycles. The van der Waals surface area contributed by atoms with Crippen LogP contribution in [0.25, 0.3) is 5.69 Å². The van der Waals surface area contributed by atoms with Crippen LogP contribution in [-0.4, -0.2) is 32.8 Å². The molecular weight excluding hydrogens is 353 g/mol. The van der Waals surface area contributed by atoms with Gasteiger partial charge in [0.2, 0.25) is 0 Å². The van der Waals surface area contributed by atoms with Gasteiger partial charge in [-0.3, -0.25) is 4.79 Å². The summed E-state index contributed by atoms with van der Waals surface area (Å²) in [5, 5.41) is 16.7. The van der Waals surface area contributed by atoms with Crippen LogP contribution in [0.3, 0.4) is 0 Å². The second-order valence-corrected chi connectivity index (χ2v) is 6.60. The predicted octanol–water partition coefficient (Wildman–Crippen LogP) is 3.16. The Morgan fingerprint density at radius 1 is 1.29 bits per heavy atom. The van der Waals surface area contributed by atoms with Crippen LogP contribution < -0.4 is 5.32 Å². The van der Waals surface area contributed by atoms with Crippen molar-refractivity contribution >= 4 is 35.1 Å². The van der Waals surface area contributed by atoms with Crippen molar-refractivity contribution in [3.63, 3.8) is 0 Å². The van der Waals surface area contributed by atoms with E-state index in [0.717, 1.165) is 12.8 Å². The summed E-state index contributed by atoms with van der Waals surface area (Å²) in [5.41, 5.74) is 0.791. The molecule has 0 spiro atoms. The summed E-state index contributed by atoms with van der Waals surface area (Å²) in [7, 11) is 0. The maximum absolute atomic E-state index is 12.2. The molecule has 1 aromatic heterocycles. The van der Waals surface area contributed by atoms with E-state index in [0.29, 0.717) is 28.1 Å². The first-order valence-corrected chi connectivity index (χ1v) is 8.24. The molecule has 1 saturated carbocycles. The molecular formula is C16H15Cl2N3O3. The number of carboxylic acid groups (broad SMARTS) is 1. The number of aromatic nitrogens is 2. The minimum Gasteiger partial charge on any atom is -0.480 e. The van der Waals surface area contributed by atoms with Gasteiger partial charge >= 0.3 is 5.97 Å². The Morgan fingerprint density at radius 2 is 2.04 bits per heavy atom. The van der Waals surface area contributed by atoms with E-state index >= 15 is 0 Å². The lowest BCUT2D eigenvalue weighted by molar-refractivity contribution is -0.139. The van der Waals surface area contributed by atoms with Crippen molar-refractivity contribution in [1.82, 2.24) is 15.1 Å². The molecule has 24 heavy (non-hydrogen) atoms. The summed E-state index contributed by atoms with van der Waals surface area (Å²) in [6.07, 6.45) is 4.09. The number of carboxylic acids is 1. The number of nitrogens with one attached hydrogen (secondary N) is 1. The second-order valence-electron chi connectivity index (χ2n) is 5.79. The zero-order valence-electron chi connectivity index (χ0n) is 12.6. The van der Waals surface area contributed by atoms with Crippen LogP contribution in [0.2, 0.25) is 10.0 Å². The van der Waals surface area contributed by atoms with Crippen molar-refractivity contribution in [1.29, 1.82) is 0 Å². The third-order valence-corrected chi connectivity index (χ3v) is 4.60. The van der Waals surface area contributed by atoms with Gasteiger partial charge in [0.15, 0.2) is 5.69 Å². The van der Waals surface area contributed by atoms with Gasteiger partial charge in [0.25, 0.3) is 5.91 Å². The lowest BCUT2D eigenvalue weighted by atomic mass is 10.1. The van der Waals surface area contributed by atoms with Gasteiger partial charge in [-0.15, -0.1) is 0 Å². The van der Waals surface area contributed by atoms with E-state index in [2.05, 4.69) is 10.4 Å². The van der Waals surface area contributed by atoms with Gasteiger partial charge in [-0.25, -0.2) is 9.48 Å². The minimum atomic E-state index is -1.03. The third kappa shape index (κ3) is 3.88. The Morgan fingerprint density at radius 3 is 2.67 bits per heavy atom. The molecule has 126 valence electrons. The molecule has 2 N–H and O–H groups in total. The smallest absolute Gasteiger partial charge is 0.326 e. The van der Waals surface area contributed by atoms with Gasteiger partial charge in [0.05, 0.1) is 15.7 Å². The van der Waals surface area contributed by atoms with E-state index in [4.69, 9.17) is 23.2 Å². The van der Waals surface area contributed by atoms with Crippen LogP contribution >= 0.6 is 23.2 Å². The average molecular weight is 368 g/mol. The highest BCUT2D eigenvalue weighted by atomic mass is 35.5. The topological polar surface area (TPSA) is 84.2 Å².